The maximum absolute atomic E-state index is 11.3. The van der Waals surface area contributed by atoms with Crippen LogP contribution < -0.4 is 10.0 Å². The molecule has 4 rings (SSSR count). The van der Waals surface area contributed by atoms with Gasteiger partial charge in [0.15, 0.2) is 0 Å². The van der Waals surface area contributed by atoms with Gasteiger partial charge in [-0.05, 0) is 38.2 Å². The highest BCUT2D eigenvalue weighted by atomic mass is 32.2. The summed E-state index contributed by atoms with van der Waals surface area (Å²) >= 11 is 0. The van der Waals surface area contributed by atoms with Gasteiger partial charge in [0.2, 0.25) is 16.0 Å². The molecule has 1 aliphatic carbocycles. The zero-order chi connectivity index (χ0) is 17.6. The first-order chi connectivity index (χ1) is 11.9. The van der Waals surface area contributed by atoms with Gasteiger partial charge in [-0.25, -0.2) is 23.5 Å². The minimum atomic E-state index is -3.52. The minimum Gasteiger partial charge on any atom is -0.338 e. The molecule has 132 valence electrons. The second-order valence-electron chi connectivity index (χ2n) is 6.99. The molecule has 0 radical (unpaired) electrons. The number of aromatic nitrogens is 2. The van der Waals surface area contributed by atoms with Crippen molar-refractivity contribution in [1.82, 2.24) is 9.97 Å². The van der Waals surface area contributed by atoms with Crippen LogP contribution in [0.1, 0.15) is 36.6 Å². The zero-order valence-electron chi connectivity index (χ0n) is 14.3. The van der Waals surface area contributed by atoms with Crippen molar-refractivity contribution < 1.29 is 8.42 Å². The van der Waals surface area contributed by atoms with Crippen LogP contribution in [0.15, 0.2) is 24.3 Å². The molecule has 6 nitrogen and oxygen atoms in total. The molecule has 1 saturated heterocycles. The lowest BCUT2D eigenvalue weighted by Gasteiger charge is -2.39. The molecule has 0 amide bonds. The fourth-order valence-electron chi connectivity index (χ4n) is 3.59. The summed E-state index contributed by atoms with van der Waals surface area (Å²) in [6.07, 6.45) is 4.29. The predicted octanol–water partition coefficient (Wildman–Crippen LogP) is 2.02. The van der Waals surface area contributed by atoms with Crippen LogP contribution >= 0.6 is 0 Å². The van der Waals surface area contributed by atoms with Crippen LogP contribution in [0.4, 0.5) is 5.95 Å². The van der Waals surface area contributed by atoms with Gasteiger partial charge in [-0.1, -0.05) is 24.3 Å². The van der Waals surface area contributed by atoms with Gasteiger partial charge in [-0.3, -0.25) is 0 Å². The van der Waals surface area contributed by atoms with E-state index >= 15 is 0 Å². The maximum atomic E-state index is 11.3. The molecule has 2 aliphatic rings. The molecule has 0 saturated carbocycles. The fraction of sp³-hybridized carbons (Fsp3) is 0.444. The third-order valence-electron chi connectivity index (χ3n) is 5.09. The van der Waals surface area contributed by atoms with E-state index in [0.29, 0.717) is 11.6 Å². The van der Waals surface area contributed by atoms with Crippen LogP contribution in [-0.2, 0) is 28.6 Å². The number of anilines is 1. The van der Waals surface area contributed by atoms with Crippen molar-refractivity contribution >= 4 is 16.0 Å². The summed E-state index contributed by atoms with van der Waals surface area (Å²) in [5, 5.41) is 5.12. The van der Waals surface area contributed by atoms with Gasteiger partial charge in [-0.2, -0.15) is 0 Å². The molecule has 1 aliphatic heterocycles. The van der Waals surface area contributed by atoms with E-state index in [2.05, 4.69) is 11.8 Å². The monoisotopic (exact) mass is 358 g/mol. The van der Waals surface area contributed by atoms with Gasteiger partial charge in [0, 0.05) is 29.4 Å². The highest BCUT2D eigenvalue weighted by molar-refractivity contribution is 7.88. The Labute approximate surface area is 148 Å². The lowest BCUT2D eigenvalue weighted by atomic mass is 10.0. The first-order valence-electron chi connectivity index (χ1n) is 8.67. The number of aryl methyl sites for hydroxylation is 1. The molecule has 2 aromatic rings. The van der Waals surface area contributed by atoms with Gasteiger partial charge < -0.3 is 4.90 Å². The summed E-state index contributed by atoms with van der Waals surface area (Å²) < 4.78 is 22.5. The summed E-state index contributed by atoms with van der Waals surface area (Å²) in [5.74, 6) is 0.675. The Morgan fingerprint density at radius 1 is 1.20 bits per heavy atom. The van der Waals surface area contributed by atoms with E-state index in [4.69, 9.17) is 15.1 Å². The van der Waals surface area contributed by atoms with Crippen LogP contribution in [0, 0.1) is 0 Å². The number of rotatable bonds is 4. The topological polar surface area (TPSA) is 89.2 Å². The van der Waals surface area contributed by atoms with Crippen LogP contribution in [-0.4, -0.2) is 31.0 Å². The van der Waals surface area contributed by atoms with E-state index < -0.39 is 10.0 Å². The number of primary sulfonamides is 1. The van der Waals surface area contributed by atoms with Crippen LogP contribution in [0.3, 0.4) is 0 Å². The number of hydrogen-bond acceptors (Lipinski definition) is 5. The molecule has 1 fully saturated rings. The van der Waals surface area contributed by atoms with E-state index in [0.717, 1.165) is 48.7 Å². The summed E-state index contributed by atoms with van der Waals surface area (Å²) in [4.78, 5) is 11.9. The average molecular weight is 358 g/mol. The first-order valence-corrected chi connectivity index (χ1v) is 10.4. The average Bonchev–Trinajstić information content (AvgIpc) is 3.00. The number of benzene rings is 1. The molecule has 1 atom stereocenters. The van der Waals surface area contributed by atoms with E-state index in [9.17, 15) is 8.42 Å². The number of fused-ring (bicyclic) bond motifs is 1. The predicted molar refractivity (Wildman–Crippen MR) is 97.7 cm³/mol. The SMILES string of the molecule is C[C@H]1CCN1c1nc2c(c(-c3ccc(CS(N)(=O)=O)cc3)n1)CCC2. The summed E-state index contributed by atoms with van der Waals surface area (Å²) in [6.45, 7) is 3.20. The standard InChI is InChI=1S/C18H22N4O2S/c1-12-9-10-22(12)18-20-16-4-2-3-15(16)17(21-18)14-7-5-13(6-8-14)11-25(19,23)24/h5-8,12H,2-4,9-11H2,1H3,(H2,19,23,24)/t12-/m0/s1. The molecule has 2 heterocycles. The number of nitrogens with two attached hydrogens (primary N) is 1. The number of nitrogens with zero attached hydrogens (tertiary/aromatic N) is 3. The Morgan fingerprint density at radius 2 is 1.96 bits per heavy atom. The molecule has 0 spiro atoms. The van der Waals surface area contributed by atoms with Crippen LogP contribution in [0.5, 0.6) is 0 Å². The maximum Gasteiger partial charge on any atom is 0.226 e. The summed E-state index contributed by atoms with van der Waals surface area (Å²) in [6, 6.07) is 7.99. The van der Waals surface area contributed by atoms with Crippen molar-refractivity contribution in [3.63, 3.8) is 0 Å². The van der Waals surface area contributed by atoms with Crippen molar-refractivity contribution in [3.8, 4) is 11.3 Å². The van der Waals surface area contributed by atoms with E-state index in [-0.39, 0.29) is 5.75 Å². The van der Waals surface area contributed by atoms with Gasteiger partial charge in [-0.15, -0.1) is 0 Å². The summed E-state index contributed by atoms with van der Waals surface area (Å²) in [5.41, 5.74) is 5.07. The molecule has 2 N–H and O–H groups in total. The molecule has 1 aromatic heterocycles. The Kier molecular flexibility index (Phi) is 4.00. The highest BCUT2D eigenvalue weighted by Gasteiger charge is 2.29. The Bertz CT molecular complexity index is 909. The number of sulfonamides is 1. The van der Waals surface area contributed by atoms with Gasteiger partial charge in [0.1, 0.15) is 0 Å². The lowest BCUT2D eigenvalue weighted by molar-refractivity contribution is 0.470. The van der Waals surface area contributed by atoms with Crippen LogP contribution in [0.25, 0.3) is 11.3 Å². The highest BCUT2D eigenvalue weighted by Crippen LogP contribution is 2.34. The van der Waals surface area contributed by atoms with E-state index in [1.54, 1.807) is 0 Å². The molecular weight excluding hydrogens is 336 g/mol. The second-order valence-corrected chi connectivity index (χ2v) is 8.60. The summed E-state index contributed by atoms with van der Waals surface area (Å²) in [7, 11) is -3.52. The quantitative estimate of drug-likeness (QED) is 0.903. The Morgan fingerprint density at radius 3 is 2.56 bits per heavy atom. The van der Waals surface area contributed by atoms with Crippen molar-refractivity contribution in [1.29, 1.82) is 0 Å². The van der Waals surface area contributed by atoms with Crippen molar-refractivity contribution in [2.45, 2.75) is 44.4 Å². The number of hydrogen-bond donors (Lipinski definition) is 1. The Balaban J connectivity index is 1.72. The largest absolute Gasteiger partial charge is 0.338 e. The van der Waals surface area contributed by atoms with Gasteiger partial charge >= 0.3 is 0 Å². The molecular formula is C18H22N4O2S. The smallest absolute Gasteiger partial charge is 0.226 e. The van der Waals surface area contributed by atoms with Gasteiger partial charge in [0.25, 0.3) is 0 Å². The molecule has 7 heteroatoms. The van der Waals surface area contributed by atoms with Gasteiger partial charge in [0.05, 0.1) is 11.4 Å². The third kappa shape index (κ3) is 3.26. The molecule has 0 unspecified atom stereocenters. The lowest BCUT2D eigenvalue weighted by Crippen LogP contribution is -2.46. The first kappa shape index (κ1) is 16.5. The Hall–Kier alpha value is -1.99. The molecule has 0 bridgehead atoms. The minimum absolute atomic E-state index is 0.147. The fourth-order valence-corrected chi connectivity index (χ4v) is 4.25. The molecule has 25 heavy (non-hydrogen) atoms. The van der Waals surface area contributed by atoms with E-state index in [1.807, 2.05) is 24.3 Å². The molecule has 1 aromatic carbocycles. The van der Waals surface area contributed by atoms with Crippen molar-refractivity contribution in [2.75, 3.05) is 11.4 Å². The normalized spacial score (nSPS) is 19.6. The van der Waals surface area contributed by atoms with Crippen molar-refractivity contribution in [3.05, 3.63) is 41.1 Å². The second kappa shape index (κ2) is 6.07. The van der Waals surface area contributed by atoms with Crippen molar-refractivity contribution in [2.24, 2.45) is 5.14 Å². The van der Waals surface area contributed by atoms with Crippen LogP contribution in [0.2, 0.25) is 0 Å². The third-order valence-corrected chi connectivity index (χ3v) is 5.83. The zero-order valence-corrected chi connectivity index (χ0v) is 15.1. The van der Waals surface area contributed by atoms with E-state index in [1.165, 1.54) is 12.0 Å².